The number of alkyl halides is 6. The summed E-state index contributed by atoms with van der Waals surface area (Å²) < 4.78 is 89.4. The third kappa shape index (κ3) is 8.80. The smallest absolute Gasteiger partial charge is 0.417 e. The number of likely N-dealkylation sites (tertiary alicyclic amines) is 1. The number of thiophene rings is 1. The molecular weight excluding hydrogens is 730 g/mol. The zero-order valence-corrected chi connectivity index (χ0v) is 29.6. The number of carbonyl (C=O) groups excluding carboxylic acids is 3. The molecule has 2 fully saturated rings. The molecule has 4 heterocycles. The summed E-state index contributed by atoms with van der Waals surface area (Å²) in [5, 5.41) is 15.6. The highest BCUT2D eigenvalue weighted by Crippen LogP contribution is 2.42. The number of piperazine rings is 1. The number of halogens is 6. The Kier molecular flexibility index (Phi) is 12.7. The summed E-state index contributed by atoms with van der Waals surface area (Å²) in [6, 6.07) is 7.20. The molecule has 288 valence electrons. The lowest BCUT2D eigenvalue weighted by Gasteiger charge is -2.51. The minimum absolute atomic E-state index is 0.00431. The summed E-state index contributed by atoms with van der Waals surface area (Å²) in [6.45, 7) is 2.49. The number of rotatable bonds is 12. The molecule has 0 aliphatic carbocycles. The maximum absolute atomic E-state index is 14.9. The number of hydrogen-bond acceptors (Lipinski definition) is 8. The van der Waals surface area contributed by atoms with Crippen molar-refractivity contribution in [3.05, 3.63) is 70.2 Å². The molecule has 0 spiro atoms. The van der Waals surface area contributed by atoms with Gasteiger partial charge in [-0.3, -0.25) is 14.6 Å². The Morgan fingerprint density at radius 1 is 1.09 bits per heavy atom. The lowest BCUT2D eigenvalue weighted by molar-refractivity contribution is -0.159. The van der Waals surface area contributed by atoms with Crippen LogP contribution in [0, 0.1) is 0 Å². The van der Waals surface area contributed by atoms with Crippen molar-refractivity contribution in [3.8, 4) is 5.75 Å². The molecule has 2 aliphatic rings. The van der Waals surface area contributed by atoms with Crippen molar-refractivity contribution in [3.63, 3.8) is 0 Å². The van der Waals surface area contributed by atoms with Gasteiger partial charge >= 0.3 is 12.2 Å². The lowest BCUT2D eigenvalue weighted by atomic mass is 9.79. The van der Waals surface area contributed by atoms with Gasteiger partial charge in [0.1, 0.15) is 5.75 Å². The van der Waals surface area contributed by atoms with Crippen molar-refractivity contribution in [1.29, 1.82) is 0 Å². The van der Waals surface area contributed by atoms with E-state index in [4.69, 9.17) is 9.84 Å². The van der Waals surface area contributed by atoms with Crippen LogP contribution in [0.3, 0.4) is 0 Å². The Bertz CT molecular complexity index is 1740. The Morgan fingerprint density at radius 2 is 1.83 bits per heavy atom. The van der Waals surface area contributed by atoms with Crippen LogP contribution < -0.4 is 20.3 Å². The Labute approximate surface area is 305 Å². The third-order valence-electron chi connectivity index (χ3n) is 9.25. The van der Waals surface area contributed by atoms with Gasteiger partial charge in [-0.1, -0.05) is 25.5 Å². The number of para-hydroxylation sites is 2. The fourth-order valence-electron chi connectivity index (χ4n) is 6.85. The summed E-state index contributed by atoms with van der Waals surface area (Å²) in [4.78, 5) is 49.4. The summed E-state index contributed by atoms with van der Waals surface area (Å²) in [7, 11) is 0. The quantitative estimate of drug-likeness (QED) is 0.190. The molecule has 1 unspecified atom stereocenters. The first-order valence-electron chi connectivity index (χ1n) is 17.1. The van der Waals surface area contributed by atoms with Gasteiger partial charge in [0.15, 0.2) is 6.17 Å². The second-order valence-corrected chi connectivity index (χ2v) is 13.6. The van der Waals surface area contributed by atoms with E-state index in [9.17, 15) is 40.7 Å². The molecule has 2 aliphatic heterocycles. The predicted octanol–water partition coefficient (Wildman–Crippen LogP) is 6.12. The van der Waals surface area contributed by atoms with E-state index in [1.165, 1.54) is 15.2 Å². The number of carbonyl (C=O) groups is 3. The van der Waals surface area contributed by atoms with Crippen LogP contribution in [-0.4, -0.2) is 102 Å². The maximum Gasteiger partial charge on any atom is 0.417 e. The summed E-state index contributed by atoms with van der Waals surface area (Å²) >= 11 is 0.679. The highest BCUT2D eigenvalue weighted by molar-refractivity contribution is 7.10. The zero-order valence-electron chi connectivity index (χ0n) is 28.8. The Balaban J connectivity index is 1.47. The number of aromatic nitrogens is 1. The zero-order chi connectivity index (χ0) is 38.3. The molecule has 0 bridgehead atoms. The van der Waals surface area contributed by atoms with Gasteiger partial charge in [0.25, 0.3) is 18.2 Å². The summed E-state index contributed by atoms with van der Waals surface area (Å²) in [5.41, 5.74) is -2.58. The predicted molar refractivity (Wildman–Crippen MR) is 185 cm³/mol. The number of aliphatic hydroxyl groups excluding tert-OH is 1. The van der Waals surface area contributed by atoms with Crippen LogP contribution in [0.15, 0.2) is 54.2 Å². The van der Waals surface area contributed by atoms with Gasteiger partial charge in [-0.15, -0.1) is 11.3 Å². The number of nitrogens with one attached hydrogen (secondary N) is 2. The minimum atomic E-state index is -4.87. The topological polar surface area (TPSA) is 127 Å². The van der Waals surface area contributed by atoms with E-state index >= 15 is 0 Å². The number of anilines is 2. The van der Waals surface area contributed by atoms with E-state index in [0.29, 0.717) is 48.3 Å². The molecule has 11 nitrogen and oxygen atoms in total. The molecule has 2 saturated heterocycles. The number of piperidine rings is 1. The van der Waals surface area contributed by atoms with Crippen LogP contribution >= 0.6 is 11.3 Å². The fraction of sp³-hybridized carbons (Fsp3) is 0.486. The summed E-state index contributed by atoms with van der Waals surface area (Å²) in [6.07, 6.45) is -8.29. The largest absolute Gasteiger partial charge is 0.474 e. The first-order chi connectivity index (χ1) is 25.3. The number of benzene rings is 1. The molecule has 0 radical (unpaired) electrons. The molecule has 2 aromatic heterocycles. The van der Waals surface area contributed by atoms with Crippen LogP contribution in [0.25, 0.3) is 0 Å². The van der Waals surface area contributed by atoms with Gasteiger partial charge < -0.3 is 35.2 Å². The van der Waals surface area contributed by atoms with E-state index in [2.05, 4.69) is 15.6 Å². The highest BCUT2D eigenvalue weighted by Gasteiger charge is 2.56. The van der Waals surface area contributed by atoms with Crippen LogP contribution in [-0.2, 0) is 11.0 Å². The monoisotopic (exact) mass is 770 g/mol. The van der Waals surface area contributed by atoms with Gasteiger partial charge in [-0.2, -0.15) is 13.2 Å². The number of pyridine rings is 1. The molecule has 4 amide bonds. The lowest BCUT2D eigenvalue weighted by Crippen LogP contribution is -2.69. The average Bonchev–Trinajstić information content (AvgIpc) is 3.61. The van der Waals surface area contributed by atoms with Gasteiger partial charge in [0.2, 0.25) is 5.60 Å². The van der Waals surface area contributed by atoms with Crippen molar-refractivity contribution in [2.45, 2.75) is 63.0 Å². The van der Waals surface area contributed by atoms with Crippen molar-refractivity contribution >= 4 is 40.6 Å². The molecule has 3 atom stereocenters. The molecular formula is C35H40F6N6O5S. The molecule has 3 N–H and O–H groups in total. The highest BCUT2D eigenvalue weighted by atomic mass is 32.1. The van der Waals surface area contributed by atoms with Crippen molar-refractivity contribution in [2.75, 3.05) is 56.1 Å². The standard InChI is InChI=1S/C35H40F6N6O5S/c1-2-6-28-34(52-22-19-27(53-21-22)29(36)30(37)38,10-5-13-47(28)31(49)23-20-42-11-9-24(23)35(39,40)41)32(50)46-16-14-45(15-17-46)26-8-4-3-7-25(26)44-33(51)43-12-18-48/h3-4,7-9,11,19-21,28-30,48H,2,5-6,10,12-18H2,1H3,(H2,43,44,51)/t28-,29?,34+/m1/s1. The first-order valence-corrected chi connectivity index (χ1v) is 18.0. The van der Waals surface area contributed by atoms with Gasteiger partial charge in [0, 0.05) is 68.3 Å². The van der Waals surface area contributed by atoms with E-state index < -0.39 is 59.4 Å². The van der Waals surface area contributed by atoms with Gasteiger partial charge in [0.05, 0.1) is 35.2 Å². The molecule has 3 aromatic rings. The van der Waals surface area contributed by atoms with Crippen LogP contribution in [0.1, 0.15) is 59.6 Å². The van der Waals surface area contributed by atoms with E-state index in [-0.39, 0.29) is 62.7 Å². The molecule has 1 aromatic carbocycles. The van der Waals surface area contributed by atoms with Crippen LogP contribution in [0.2, 0.25) is 0 Å². The van der Waals surface area contributed by atoms with Crippen LogP contribution in [0.4, 0.5) is 42.5 Å². The molecule has 53 heavy (non-hydrogen) atoms. The maximum atomic E-state index is 14.9. The Morgan fingerprint density at radius 3 is 2.51 bits per heavy atom. The number of ether oxygens (including phenoxy) is 1. The van der Waals surface area contributed by atoms with E-state index in [0.717, 1.165) is 18.5 Å². The van der Waals surface area contributed by atoms with Crippen molar-refractivity contribution in [1.82, 2.24) is 20.1 Å². The summed E-state index contributed by atoms with van der Waals surface area (Å²) in [5.74, 6) is -1.62. The van der Waals surface area contributed by atoms with Gasteiger partial charge in [-0.25, -0.2) is 18.0 Å². The molecule has 18 heteroatoms. The van der Waals surface area contributed by atoms with Crippen molar-refractivity contribution in [2.24, 2.45) is 0 Å². The normalized spacial score (nSPS) is 19.9. The minimum Gasteiger partial charge on any atom is -0.474 e. The SMILES string of the molecule is CCC[C@H]1N(C(=O)c2cnccc2C(F)(F)F)CCC[C@@]1(Oc1csc(C(F)C(F)F)c1)C(=O)N1CCN(c2ccccc2NC(=O)NCCO)CC1. The number of amides is 4. The number of nitrogens with zero attached hydrogens (tertiary/aromatic N) is 4. The van der Waals surface area contributed by atoms with Gasteiger partial charge in [-0.05, 0) is 37.1 Å². The first kappa shape index (κ1) is 39.6. The Hall–Kier alpha value is -4.58. The molecule has 5 rings (SSSR count). The van der Waals surface area contributed by atoms with E-state index in [1.54, 1.807) is 31.2 Å². The fourth-order valence-corrected chi connectivity index (χ4v) is 7.63. The number of urea groups is 1. The van der Waals surface area contributed by atoms with Crippen LogP contribution in [0.5, 0.6) is 5.75 Å². The average molecular weight is 771 g/mol. The number of hydrogen-bond donors (Lipinski definition) is 3. The van der Waals surface area contributed by atoms with E-state index in [1.807, 2.05) is 4.90 Å². The second-order valence-electron chi connectivity index (χ2n) is 12.6. The second kappa shape index (κ2) is 17.0. The number of aliphatic hydroxyl groups is 1. The van der Waals surface area contributed by atoms with Crippen molar-refractivity contribution < 1.29 is 50.6 Å². The third-order valence-corrected chi connectivity index (χ3v) is 10.2. The molecule has 0 saturated carbocycles.